The van der Waals surface area contributed by atoms with Gasteiger partial charge in [-0.05, 0) is 37.1 Å². The number of ether oxygens (including phenoxy) is 2. The maximum absolute atomic E-state index is 12.0. The molecule has 0 saturated carbocycles. The van der Waals surface area contributed by atoms with Crippen molar-refractivity contribution in [3.63, 3.8) is 0 Å². The monoisotopic (exact) mass is 406 g/mol. The first-order chi connectivity index (χ1) is 13.7. The quantitative estimate of drug-likeness (QED) is 0.763. The van der Waals surface area contributed by atoms with Crippen molar-refractivity contribution < 1.29 is 24.5 Å². The zero-order chi connectivity index (χ0) is 21.1. The Bertz CT molecular complexity index is 719. The van der Waals surface area contributed by atoms with Gasteiger partial charge in [0.15, 0.2) is 0 Å². The molecular weight excluding hydrogens is 372 g/mol. The predicted molar refractivity (Wildman–Crippen MR) is 110 cm³/mol. The molecule has 2 saturated heterocycles. The summed E-state index contributed by atoms with van der Waals surface area (Å²) in [6, 6.07) is 5.85. The van der Waals surface area contributed by atoms with Crippen LogP contribution in [0.2, 0.25) is 0 Å². The second kappa shape index (κ2) is 9.00. The minimum Gasteiger partial charge on any atom is -0.490 e. The maximum Gasteiger partial charge on any atom is 0.219 e. The standard InChI is InChI=1S/C22H34N2O5/c1-17-4-5-20(12-18(17)2)29-16-22(27)14-23(8-9-24(15-22)19(3)25)13-21(26)6-10-28-11-7-21/h4-5,12,26-27H,6-11,13-16H2,1-3H3/t22-/m1/s1. The summed E-state index contributed by atoms with van der Waals surface area (Å²) in [6.07, 6.45) is 1.16. The zero-order valence-corrected chi connectivity index (χ0v) is 17.8. The van der Waals surface area contributed by atoms with E-state index in [1.165, 1.54) is 12.5 Å². The number of hydrogen-bond acceptors (Lipinski definition) is 6. The SMILES string of the molecule is CC(=O)N1CCN(CC2(O)CCOCC2)C[C@](O)(COc2ccc(C)c(C)c2)C1. The first-order valence-electron chi connectivity index (χ1n) is 10.4. The van der Waals surface area contributed by atoms with E-state index in [1.54, 1.807) is 4.90 Å². The van der Waals surface area contributed by atoms with Gasteiger partial charge >= 0.3 is 0 Å². The molecule has 2 fully saturated rings. The van der Waals surface area contributed by atoms with Gasteiger partial charge in [-0.15, -0.1) is 0 Å². The van der Waals surface area contributed by atoms with Gasteiger partial charge in [0.25, 0.3) is 0 Å². The maximum atomic E-state index is 12.0. The molecule has 0 radical (unpaired) electrons. The smallest absolute Gasteiger partial charge is 0.219 e. The second-order valence-electron chi connectivity index (χ2n) is 8.75. The molecule has 1 aromatic carbocycles. The lowest BCUT2D eigenvalue weighted by atomic mass is 9.93. The molecule has 2 heterocycles. The van der Waals surface area contributed by atoms with Gasteiger partial charge in [-0.1, -0.05) is 6.07 Å². The van der Waals surface area contributed by atoms with Crippen molar-refractivity contribution in [1.29, 1.82) is 0 Å². The molecule has 0 aliphatic carbocycles. The molecule has 1 aromatic rings. The number of β-amino-alcohol motifs (C(OH)–C–C–N with tert-alkyl or cyclic N) is 2. The first kappa shape index (κ1) is 22.0. The summed E-state index contributed by atoms with van der Waals surface area (Å²) in [7, 11) is 0. The fourth-order valence-corrected chi connectivity index (χ4v) is 4.08. The molecule has 3 rings (SSSR count). The fraction of sp³-hybridized carbons (Fsp3) is 0.682. The number of carbonyl (C=O) groups is 1. The van der Waals surface area contributed by atoms with Crippen LogP contribution >= 0.6 is 0 Å². The number of aliphatic hydroxyl groups is 2. The highest BCUT2D eigenvalue weighted by Gasteiger charge is 2.40. The number of aryl methyl sites for hydroxylation is 2. The summed E-state index contributed by atoms with van der Waals surface area (Å²) in [5.41, 5.74) is 0.273. The Labute approximate surface area is 173 Å². The molecule has 1 amide bonds. The third-order valence-corrected chi connectivity index (χ3v) is 6.06. The van der Waals surface area contributed by atoms with Crippen LogP contribution in [0, 0.1) is 13.8 Å². The number of rotatable bonds is 5. The van der Waals surface area contributed by atoms with Crippen molar-refractivity contribution in [2.24, 2.45) is 0 Å². The topological polar surface area (TPSA) is 82.5 Å². The summed E-state index contributed by atoms with van der Waals surface area (Å²) in [5.74, 6) is 0.635. The van der Waals surface area contributed by atoms with Crippen LogP contribution < -0.4 is 4.74 Å². The Kier molecular flexibility index (Phi) is 6.83. The van der Waals surface area contributed by atoms with E-state index in [4.69, 9.17) is 9.47 Å². The molecule has 0 bridgehead atoms. The molecular formula is C22H34N2O5. The fourth-order valence-electron chi connectivity index (χ4n) is 4.08. The van der Waals surface area contributed by atoms with Crippen LogP contribution in [0.5, 0.6) is 5.75 Å². The first-order valence-corrected chi connectivity index (χ1v) is 10.4. The van der Waals surface area contributed by atoms with Gasteiger partial charge in [0.2, 0.25) is 5.91 Å². The zero-order valence-electron chi connectivity index (χ0n) is 17.8. The normalized spacial score (nSPS) is 25.5. The lowest BCUT2D eigenvalue weighted by molar-refractivity contribution is -0.132. The Morgan fingerprint density at radius 1 is 1.10 bits per heavy atom. The number of nitrogens with zero attached hydrogens (tertiary/aromatic N) is 2. The molecule has 2 aliphatic rings. The molecule has 7 nitrogen and oxygen atoms in total. The lowest BCUT2D eigenvalue weighted by Crippen LogP contribution is -2.54. The highest BCUT2D eigenvalue weighted by atomic mass is 16.5. The third-order valence-electron chi connectivity index (χ3n) is 6.06. The van der Waals surface area contributed by atoms with Gasteiger partial charge in [0.05, 0.1) is 12.1 Å². The van der Waals surface area contributed by atoms with Crippen LogP contribution in [-0.2, 0) is 9.53 Å². The largest absolute Gasteiger partial charge is 0.490 e. The van der Waals surface area contributed by atoms with Crippen molar-refractivity contribution in [3.8, 4) is 5.75 Å². The molecule has 29 heavy (non-hydrogen) atoms. The molecule has 2 N–H and O–H groups in total. The third kappa shape index (κ3) is 5.92. The predicted octanol–water partition coefficient (Wildman–Crippen LogP) is 1.12. The summed E-state index contributed by atoms with van der Waals surface area (Å²) < 4.78 is 11.3. The van der Waals surface area contributed by atoms with Crippen LogP contribution in [0.3, 0.4) is 0 Å². The number of carbonyl (C=O) groups excluding carboxylic acids is 1. The van der Waals surface area contributed by atoms with E-state index in [2.05, 4.69) is 4.90 Å². The Balaban J connectivity index is 1.71. The molecule has 0 aromatic heterocycles. The number of benzene rings is 1. The van der Waals surface area contributed by atoms with Crippen molar-refractivity contribution in [2.75, 3.05) is 52.5 Å². The van der Waals surface area contributed by atoms with E-state index in [1.807, 2.05) is 32.0 Å². The van der Waals surface area contributed by atoms with E-state index in [-0.39, 0.29) is 19.1 Å². The van der Waals surface area contributed by atoms with Crippen molar-refractivity contribution in [1.82, 2.24) is 9.80 Å². The highest BCUT2D eigenvalue weighted by Crippen LogP contribution is 2.25. The highest BCUT2D eigenvalue weighted by molar-refractivity contribution is 5.73. The van der Waals surface area contributed by atoms with E-state index < -0.39 is 11.2 Å². The minimum absolute atomic E-state index is 0.0683. The second-order valence-corrected chi connectivity index (χ2v) is 8.75. The van der Waals surface area contributed by atoms with E-state index in [0.29, 0.717) is 58.0 Å². The summed E-state index contributed by atoms with van der Waals surface area (Å²) >= 11 is 0. The van der Waals surface area contributed by atoms with Crippen molar-refractivity contribution in [2.45, 2.75) is 44.8 Å². The summed E-state index contributed by atoms with van der Waals surface area (Å²) in [4.78, 5) is 15.8. The molecule has 7 heteroatoms. The molecule has 162 valence electrons. The Morgan fingerprint density at radius 2 is 1.83 bits per heavy atom. The minimum atomic E-state index is -1.22. The van der Waals surface area contributed by atoms with Gasteiger partial charge in [-0.2, -0.15) is 0 Å². The molecule has 0 unspecified atom stereocenters. The van der Waals surface area contributed by atoms with Crippen LogP contribution in [0.15, 0.2) is 18.2 Å². The number of amides is 1. The van der Waals surface area contributed by atoms with Crippen LogP contribution in [-0.4, -0.2) is 89.7 Å². The average molecular weight is 407 g/mol. The van der Waals surface area contributed by atoms with Gasteiger partial charge in [0.1, 0.15) is 18.0 Å². The molecule has 0 spiro atoms. The van der Waals surface area contributed by atoms with E-state index in [9.17, 15) is 15.0 Å². The Hall–Kier alpha value is -1.67. The van der Waals surface area contributed by atoms with Crippen LogP contribution in [0.4, 0.5) is 0 Å². The average Bonchev–Trinajstić information content (AvgIpc) is 2.82. The molecule has 2 aliphatic heterocycles. The van der Waals surface area contributed by atoms with Crippen molar-refractivity contribution in [3.05, 3.63) is 29.3 Å². The van der Waals surface area contributed by atoms with Crippen LogP contribution in [0.1, 0.15) is 30.9 Å². The number of hydrogen-bond donors (Lipinski definition) is 2. The van der Waals surface area contributed by atoms with Crippen molar-refractivity contribution >= 4 is 5.91 Å². The lowest BCUT2D eigenvalue weighted by Gasteiger charge is -2.38. The van der Waals surface area contributed by atoms with Crippen LogP contribution in [0.25, 0.3) is 0 Å². The van der Waals surface area contributed by atoms with Gasteiger partial charge < -0.3 is 24.6 Å². The van der Waals surface area contributed by atoms with Gasteiger partial charge in [-0.3, -0.25) is 9.69 Å². The van der Waals surface area contributed by atoms with Gasteiger partial charge in [-0.25, -0.2) is 0 Å². The Morgan fingerprint density at radius 3 is 2.48 bits per heavy atom. The van der Waals surface area contributed by atoms with E-state index in [0.717, 1.165) is 5.56 Å². The summed E-state index contributed by atoms with van der Waals surface area (Å²) in [5, 5.41) is 22.3. The summed E-state index contributed by atoms with van der Waals surface area (Å²) in [6.45, 7) is 8.89. The molecule has 1 atom stereocenters. The van der Waals surface area contributed by atoms with Gasteiger partial charge in [0, 0.05) is 59.2 Å². The van der Waals surface area contributed by atoms with E-state index >= 15 is 0 Å².